The Kier molecular flexibility index (Phi) is 4.23. The van der Waals surface area contributed by atoms with E-state index < -0.39 is 0 Å². The van der Waals surface area contributed by atoms with E-state index in [0.29, 0.717) is 17.8 Å². The molecule has 2 heteroatoms. The van der Waals surface area contributed by atoms with E-state index >= 15 is 0 Å². The first-order chi connectivity index (χ1) is 9.09. The van der Waals surface area contributed by atoms with E-state index in [1.807, 2.05) is 18.2 Å². The Bertz CT molecular complexity index is 507. The van der Waals surface area contributed by atoms with Crippen molar-refractivity contribution >= 4 is 0 Å². The molecule has 0 amide bonds. The second-order valence-electron chi connectivity index (χ2n) is 5.02. The normalized spacial score (nSPS) is 14.3. The summed E-state index contributed by atoms with van der Waals surface area (Å²) in [5.74, 6) is 0.315. The molecule has 2 unspecified atom stereocenters. The highest BCUT2D eigenvalue weighted by atomic mass is 16.3. The lowest BCUT2D eigenvalue weighted by molar-refractivity contribution is 0.199. The largest absolute Gasteiger partial charge is 0.508 e. The summed E-state index contributed by atoms with van der Waals surface area (Å²) in [5.41, 5.74) is 2.53. The summed E-state index contributed by atoms with van der Waals surface area (Å²) in [4.78, 5) is 2.34. The minimum atomic E-state index is 0.302. The monoisotopic (exact) mass is 255 g/mol. The first kappa shape index (κ1) is 13.6. The fourth-order valence-electron chi connectivity index (χ4n) is 2.29. The molecule has 100 valence electrons. The van der Waals surface area contributed by atoms with Crippen molar-refractivity contribution in [2.24, 2.45) is 0 Å². The van der Waals surface area contributed by atoms with Crippen LogP contribution in [0.1, 0.15) is 37.1 Å². The molecule has 0 saturated heterocycles. The third kappa shape index (κ3) is 3.15. The topological polar surface area (TPSA) is 23.5 Å². The average molecular weight is 255 g/mol. The average Bonchev–Trinajstić information content (AvgIpc) is 2.46. The molecule has 1 N–H and O–H groups in total. The fourth-order valence-corrected chi connectivity index (χ4v) is 2.29. The Morgan fingerprint density at radius 3 is 1.79 bits per heavy atom. The highest BCUT2D eigenvalue weighted by Gasteiger charge is 2.18. The zero-order chi connectivity index (χ0) is 13.8. The molecule has 2 aromatic rings. The zero-order valence-electron chi connectivity index (χ0n) is 11.7. The minimum absolute atomic E-state index is 0.302. The maximum atomic E-state index is 9.35. The van der Waals surface area contributed by atoms with Gasteiger partial charge in [-0.05, 0) is 44.2 Å². The van der Waals surface area contributed by atoms with Crippen LogP contribution in [0.2, 0.25) is 0 Å². The van der Waals surface area contributed by atoms with E-state index in [0.717, 1.165) is 0 Å². The molecule has 2 atom stereocenters. The molecule has 0 aliphatic heterocycles. The third-order valence-corrected chi connectivity index (χ3v) is 3.88. The molecule has 0 heterocycles. The molecule has 2 rings (SSSR count). The van der Waals surface area contributed by atoms with Crippen LogP contribution < -0.4 is 0 Å². The fraction of sp³-hybridized carbons (Fsp3) is 0.294. The second-order valence-corrected chi connectivity index (χ2v) is 5.02. The predicted octanol–water partition coefficient (Wildman–Crippen LogP) is 4.15. The SMILES string of the molecule is CC(c1ccccc1)N(C)C(C)c1ccc(O)cc1. The summed E-state index contributed by atoms with van der Waals surface area (Å²) < 4.78 is 0. The summed E-state index contributed by atoms with van der Waals surface area (Å²) in [6, 6.07) is 18.6. The van der Waals surface area contributed by atoms with Crippen molar-refractivity contribution in [2.75, 3.05) is 7.05 Å². The lowest BCUT2D eigenvalue weighted by Crippen LogP contribution is -2.25. The number of phenols is 1. The molecule has 0 aliphatic rings. The van der Waals surface area contributed by atoms with Crippen LogP contribution in [-0.2, 0) is 0 Å². The van der Waals surface area contributed by atoms with Gasteiger partial charge in [0.1, 0.15) is 5.75 Å². The summed E-state index contributed by atoms with van der Waals surface area (Å²) in [5, 5.41) is 9.35. The van der Waals surface area contributed by atoms with E-state index in [1.165, 1.54) is 11.1 Å². The maximum Gasteiger partial charge on any atom is 0.115 e. The Balaban J connectivity index is 2.15. The zero-order valence-corrected chi connectivity index (χ0v) is 11.7. The van der Waals surface area contributed by atoms with Gasteiger partial charge in [-0.2, -0.15) is 0 Å². The minimum Gasteiger partial charge on any atom is -0.508 e. The van der Waals surface area contributed by atoms with E-state index in [4.69, 9.17) is 0 Å². The van der Waals surface area contributed by atoms with Crippen molar-refractivity contribution in [3.63, 3.8) is 0 Å². The van der Waals surface area contributed by atoms with Gasteiger partial charge in [0, 0.05) is 12.1 Å². The first-order valence-electron chi connectivity index (χ1n) is 6.65. The second kappa shape index (κ2) is 5.89. The Hall–Kier alpha value is -1.80. The number of benzene rings is 2. The Labute approximate surface area is 115 Å². The molecule has 0 aliphatic carbocycles. The smallest absolute Gasteiger partial charge is 0.115 e. The van der Waals surface area contributed by atoms with Crippen LogP contribution in [0.15, 0.2) is 54.6 Å². The van der Waals surface area contributed by atoms with E-state index in [1.54, 1.807) is 12.1 Å². The first-order valence-corrected chi connectivity index (χ1v) is 6.65. The summed E-state index contributed by atoms with van der Waals surface area (Å²) >= 11 is 0. The Morgan fingerprint density at radius 2 is 1.26 bits per heavy atom. The predicted molar refractivity (Wildman–Crippen MR) is 79.1 cm³/mol. The molecular weight excluding hydrogens is 234 g/mol. The molecule has 0 spiro atoms. The van der Waals surface area contributed by atoms with Gasteiger partial charge in [0.2, 0.25) is 0 Å². The van der Waals surface area contributed by atoms with E-state index in [2.05, 4.69) is 50.1 Å². The van der Waals surface area contributed by atoms with Crippen LogP contribution in [0.25, 0.3) is 0 Å². The number of phenolic OH excluding ortho intramolecular Hbond substituents is 1. The van der Waals surface area contributed by atoms with Crippen LogP contribution in [0.5, 0.6) is 5.75 Å². The van der Waals surface area contributed by atoms with Crippen molar-refractivity contribution in [1.82, 2.24) is 4.90 Å². The molecule has 0 radical (unpaired) electrons. The Morgan fingerprint density at radius 1 is 0.789 bits per heavy atom. The molecule has 0 bridgehead atoms. The summed E-state index contributed by atoms with van der Waals surface area (Å²) in [7, 11) is 2.13. The number of rotatable bonds is 4. The van der Waals surface area contributed by atoms with Crippen LogP contribution >= 0.6 is 0 Å². The van der Waals surface area contributed by atoms with Gasteiger partial charge in [-0.1, -0.05) is 42.5 Å². The van der Waals surface area contributed by atoms with Gasteiger partial charge in [0.15, 0.2) is 0 Å². The van der Waals surface area contributed by atoms with Crippen molar-refractivity contribution < 1.29 is 5.11 Å². The number of aromatic hydroxyl groups is 1. The van der Waals surface area contributed by atoms with Gasteiger partial charge in [0.05, 0.1) is 0 Å². The lowest BCUT2D eigenvalue weighted by Gasteiger charge is -2.31. The van der Waals surface area contributed by atoms with Crippen molar-refractivity contribution in [3.05, 3.63) is 65.7 Å². The molecule has 0 fully saturated rings. The summed E-state index contributed by atoms with van der Waals surface area (Å²) in [6.07, 6.45) is 0. The van der Waals surface area contributed by atoms with E-state index in [9.17, 15) is 5.11 Å². The highest BCUT2D eigenvalue weighted by molar-refractivity contribution is 5.28. The quantitative estimate of drug-likeness (QED) is 0.887. The highest BCUT2D eigenvalue weighted by Crippen LogP contribution is 2.28. The van der Waals surface area contributed by atoms with Gasteiger partial charge in [-0.3, -0.25) is 4.90 Å². The van der Waals surface area contributed by atoms with Crippen molar-refractivity contribution in [2.45, 2.75) is 25.9 Å². The van der Waals surface area contributed by atoms with Crippen LogP contribution in [-0.4, -0.2) is 17.1 Å². The molecule has 19 heavy (non-hydrogen) atoms. The van der Waals surface area contributed by atoms with Crippen LogP contribution in [0.4, 0.5) is 0 Å². The van der Waals surface area contributed by atoms with Gasteiger partial charge in [-0.15, -0.1) is 0 Å². The third-order valence-electron chi connectivity index (χ3n) is 3.88. The van der Waals surface area contributed by atoms with Gasteiger partial charge in [0.25, 0.3) is 0 Å². The molecule has 0 saturated carbocycles. The summed E-state index contributed by atoms with van der Waals surface area (Å²) in [6.45, 7) is 4.40. The van der Waals surface area contributed by atoms with Gasteiger partial charge in [-0.25, -0.2) is 0 Å². The van der Waals surface area contributed by atoms with Crippen molar-refractivity contribution in [3.8, 4) is 5.75 Å². The standard InChI is InChI=1S/C17H21NO/c1-13(15-7-5-4-6-8-15)18(3)14(2)16-9-11-17(19)12-10-16/h4-14,19H,1-3H3. The van der Waals surface area contributed by atoms with Crippen molar-refractivity contribution in [1.29, 1.82) is 0 Å². The number of nitrogens with zero attached hydrogens (tertiary/aromatic N) is 1. The number of hydrogen-bond donors (Lipinski definition) is 1. The molecular formula is C17H21NO. The maximum absolute atomic E-state index is 9.35. The molecule has 0 aromatic heterocycles. The molecule has 2 aromatic carbocycles. The molecule has 2 nitrogen and oxygen atoms in total. The van der Waals surface area contributed by atoms with Crippen LogP contribution in [0, 0.1) is 0 Å². The van der Waals surface area contributed by atoms with Crippen LogP contribution in [0.3, 0.4) is 0 Å². The number of hydrogen-bond acceptors (Lipinski definition) is 2. The lowest BCUT2D eigenvalue weighted by atomic mass is 10.0. The van der Waals surface area contributed by atoms with Gasteiger partial charge >= 0.3 is 0 Å². The van der Waals surface area contributed by atoms with E-state index in [-0.39, 0.29) is 0 Å². The van der Waals surface area contributed by atoms with Gasteiger partial charge < -0.3 is 5.11 Å².